The van der Waals surface area contributed by atoms with Crippen molar-refractivity contribution in [2.24, 2.45) is 5.73 Å². The maximum absolute atomic E-state index is 10.4. The van der Waals surface area contributed by atoms with Crippen LogP contribution in [-0.2, 0) is 4.79 Å². The van der Waals surface area contributed by atoms with E-state index in [1.165, 1.54) is 0 Å². The molecule has 2 nitrogen and oxygen atoms in total. The van der Waals surface area contributed by atoms with Crippen LogP contribution in [0.25, 0.3) is 0 Å². The predicted octanol–water partition coefficient (Wildman–Crippen LogP) is 0.813. The lowest BCUT2D eigenvalue weighted by atomic mass is 9.56. The molecule has 0 heterocycles. The van der Waals surface area contributed by atoms with E-state index in [0.29, 0.717) is 5.82 Å². The summed E-state index contributed by atoms with van der Waals surface area (Å²) >= 11 is 0. The highest BCUT2D eigenvalue weighted by molar-refractivity contribution is 6.45. The van der Waals surface area contributed by atoms with E-state index in [4.69, 9.17) is 5.73 Å². The monoisotopic (exact) mass is 126 g/mol. The second-order valence-corrected chi connectivity index (χ2v) is 2.63. The highest BCUT2D eigenvalue weighted by Crippen LogP contribution is 2.08. The van der Waals surface area contributed by atoms with Gasteiger partial charge in [0.25, 0.3) is 0 Å². The third-order valence-corrected chi connectivity index (χ3v) is 1.12. The molecule has 0 spiro atoms. The quantitative estimate of drug-likeness (QED) is 0.558. The summed E-state index contributed by atoms with van der Waals surface area (Å²) in [6.45, 7) is 5.86. The molecule has 51 valence electrons. The van der Waals surface area contributed by atoms with Crippen LogP contribution in [0.15, 0.2) is 0 Å². The molecule has 1 radical (unpaired) electrons. The molecule has 2 N–H and O–H groups in total. The number of amides is 1. The first-order valence-corrected chi connectivity index (χ1v) is 3.18. The molecule has 0 aromatic rings. The first kappa shape index (κ1) is 8.53. The Morgan fingerprint density at radius 2 is 1.89 bits per heavy atom. The van der Waals surface area contributed by atoms with Gasteiger partial charge in [-0.15, -0.1) is 0 Å². The summed E-state index contributed by atoms with van der Waals surface area (Å²) in [7, 11) is 1.93. The van der Waals surface area contributed by atoms with Crippen LogP contribution < -0.4 is 5.73 Å². The average molecular weight is 126 g/mol. The molecule has 1 unspecified atom stereocenters. The van der Waals surface area contributed by atoms with Crippen molar-refractivity contribution in [1.29, 1.82) is 0 Å². The predicted molar refractivity (Wildman–Crippen MR) is 39.5 cm³/mol. The summed E-state index contributed by atoms with van der Waals surface area (Å²) in [6.07, 6.45) is 0. The molecule has 0 fully saturated rings. The van der Waals surface area contributed by atoms with Gasteiger partial charge in [-0.1, -0.05) is 26.6 Å². The van der Waals surface area contributed by atoms with Gasteiger partial charge in [0, 0.05) is 5.82 Å². The van der Waals surface area contributed by atoms with Gasteiger partial charge >= 0.3 is 0 Å². The Labute approximate surface area is 57.1 Å². The molecule has 0 aliphatic heterocycles. The third-order valence-electron chi connectivity index (χ3n) is 1.12. The number of carbonyl (C=O) groups is 1. The van der Waals surface area contributed by atoms with Gasteiger partial charge in [0.15, 0.2) is 0 Å². The Morgan fingerprint density at radius 1 is 1.44 bits per heavy atom. The maximum atomic E-state index is 10.4. The minimum Gasteiger partial charge on any atom is -0.370 e. The highest BCUT2D eigenvalue weighted by atomic mass is 16.1. The fraction of sp³-hybridized carbons (Fsp3) is 0.833. The fourth-order valence-corrected chi connectivity index (χ4v) is 0.672. The normalized spacial score (nSPS) is 13.3. The molecule has 0 saturated carbocycles. The summed E-state index contributed by atoms with van der Waals surface area (Å²) < 4.78 is 0. The zero-order valence-corrected chi connectivity index (χ0v) is 6.22. The van der Waals surface area contributed by atoms with Gasteiger partial charge < -0.3 is 5.73 Å². The van der Waals surface area contributed by atoms with Crippen molar-refractivity contribution in [3.05, 3.63) is 0 Å². The molecule has 9 heavy (non-hydrogen) atoms. The molecule has 1 atom stereocenters. The van der Waals surface area contributed by atoms with Gasteiger partial charge in [-0.2, -0.15) is 0 Å². The largest absolute Gasteiger partial charge is 0.370 e. The van der Waals surface area contributed by atoms with Gasteiger partial charge in [0.1, 0.15) is 7.28 Å². The second kappa shape index (κ2) is 3.54. The maximum Gasteiger partial charge on any atom is 0.212 e. The molecular weight excluding hydrogens is 113 g/mol. The van der Waals surface area contributed by atoms with Gasteiger partial charge in [-0.3, -0.25) is 4.79 Å². The van der Waals surface area contributed by atoms with Crippen LogP contribution in [0, 0.1) is 0 Å². The van der Waals surface area contributed by atoms with Crippen molar-refractivity contribution in [2.75, 3.05) is 0 Å². The molecule has 0 aliphatic rings. The Balaban J connectivity index is 3.50. The van der Waals surface area contributed by atoms with E-state index >= 15 is 0 Å². The fourth-order valence-electron chi connectivity index (χ4n) is 0.672. The molecule has 0 aromatic heterocycles. The van der Waals surface area contributed by atoms with Crippen LogP contribution in [0.2, 0.25) is 11.6 Å². The zero-order chi connectivity index (χ0) is 7.44. The van der Waals surface area contributed by atoms with Gasteiger partial charge in [0.2, 0.25) is 5.91 Å². The zero-order valence-electron chi connectivity index (χ0n) is 6.22. The summed E-state index contributed by atoms with van der Waals surface area (Å²) in [6, 6.07) is 0. The van der Waals surface area contributed by atoms with Crippen LogP contribution in [0.4, 0.5) is 0 Å². The summed E-state index contributed by atoms with van der Waals surface area (Å²) in [5.41, 5.74) is 5.01. The lowest BCUT2D eigenvalue weighted by molar-refractivity contribution is -0.117. The van der Waals surface area contributed by atoms with E-state index in [1.807, 2.05) is 28.1 Å². The second-order valence-electron chi connectivity index (χ2n) is 2.63. The molecule has 0 saturated heterocycles. The van der Waals surface area contributed by atoms with Gasteiger partial charge in [0.05, 0.1) is 0 Å². The summed E-state index contributed by atoms with van der Waals surface area (Å²) in [5.74, 6) is 0.0983. The number of nitrogens with two attached hydrogens (primary N) is 1. The number of primary amides is 1. The standard InChI is InChI=1S/C6H13BNO/c1-4(2)7-5(3)6(8)9/h4-5H,1-3H3,(H2,8,9). The highest BCUT2D eigenvalue weighted by Gasteiger charge is 2.11. The molecule has 0 rings (SSSR count). The molecule has 3 heteroatoms. The SMILES string of the molecule is CC(C)[B]C(C)C(N)=O. The minimum atomic E-state index is -0.247. The Bertz CT molecular complexity index is 103. The first-order chi connectivity index (χ1) is 4.04. The van der Waals surface area contributed by atoms with Crippen LogP contribution in [-0.4, -0.2) is 13.2 Å². The Hall–Kier alpha value is -0.465. The smallest absolute Gasteiger partial charge is 0.212 e. The minimum absolute atomic E-state index is 0.0926. The topological polar surface area (TPSA) is 43.1 Å². The number of hydrogen-bond donors (Lipinski definition) is 1. The van der Waals surface area contributed by atoms with Gasteiger partial charge in [-0.25, -0.2) is 0 Å². The van der Waals surface area contributed by atoms with Crippen molar-refractivity contribution >= 4 is 13.2 Å². The van der Waals surface area contributed by atoms with Crippen LogP contribution in [0.1, 0.15) is 20.8 Å². The Morgan fingerprint density at radius 3 is 2.00 bits per heavy atom. The van der Waals surface area contributed by atoms with E-state index in [-0.39, 0.29) is 11.7 Å². The van der Waals surface area contributed by atoms with Crippen molar-refractivity contribution in [1.82, 2.24) is 0 Å². The van der Waals surface area contributed by atoms with E-state index in [1.54, 1.807) is 0 Å². The van der Waals surface area contributed by atoms with E-state index in [0.717, 1.165) is 0 Å². The average Bonchev–Trinajstić information content (AvgIpc) is 1.63. The molecule has 0 bridgehead atoms. The third kappa shape index (κ3) is 4.07. The van der Waals surface area contributed by atoms with E-state index in [9.17, 15) is 4.79 Å². The van der Waals surface area contributed by atoms with Crippen molar-refractivity contribution < 1.29 is 4.79 Å². The van der Waals surface area contributed by atoms with E-state index in [2.05, 4.69) is 0 Å². The number of carbonyl (C=O) groups excluding carboxylic acids is 1. The van der Waals surface area contributed by atoms with Crippen LogP contribution >= 0.6 is 0 Å². The van der Waals surface area contributed by atoms with Crippen molar-refractivity contribution in [3.8, 4) is 0 Å². The van der Waals surface area contributed by atoms with Crippen LogP contribution in [0.5, 0.6) is 0 Å². The summed E-state index contributed by atoms with van der Waals surface area (Å²) in [4.78, 5) is 10.4. The lowest BCUT2D eigenvalue weighted by Crippen LogP contribution is -2.21. The Kier molecular flexibility index (Phi) is 3.36. The lowest BCUT2D eigenvalue weighted by Gasteiger charge is -2.06. The molecule has 0 aromatic carbocycles. The molecule has 1 amide bonds. The van der Waals surface area contributed by atoms with Crippen molar-refractivity contribution in [3.63, 3.8) is 0 Å². The van der Waals surface area contributed by atoms with E-state index < -0.39 is 0 Å². The summed E-state index contributed by atoms with van der Waals surface area (Å²) in [5, 5.41) is 0. The number of hydrogen-bond acceptors (Lipinski definition) is 1. The molecule has 0 aliphatic carbocycles. The first-order valence-electron chi connectivity index (χ1n) is 3.18. The van der Waals surface area contributed by atoms with Gasteiger partial charge in [-0.05, 0) is 0 Å². The number of rotatable bonds is 3. The molecular formula is C6H13BNO. The van der Waals surface area contributed by atoms with Crippen molar-refractivity contribution in [2.45, 2.75) is 32.4 Å². The van der Waals surface area contributed by atoms with Crippen LogP contribution in [0.3, 0.4) is 0 Å².